The molecule has 4 rings (SSSR count). The minimum Gasteiger partial charge on any atom is -0.496 e. The Bertz CT molecular complexity index is 1750. The Balaban J connectivity index is 1.79. The lowest BCUT2D eigenvalue weighted by Gasteiger charge is -2.34. The van der Waals surface area contributed by atoms with Crippen LogP contribution in [-0.4, -0.2) is 51.4 Å². The predicted octanol–water partition coefficient (Wildman–Crippen LogP) is 7.28. The second-order valence-corrected chi connectivity index (χ2v) is 14.8. The van der Waals surface area contributed by atoms with E-state index < -0.39 is 28.5 Å². The van der Waals surface area contributed by atoms with Gasteiger partial charge in [0.25, 0.3) is 10.0 Å². The second-order valence-electron chi connectivity index (χ2n) is 11.1. The fraction of sp³-hybridized carbons (Fsp3) is 0.278. The number of aryl methyl sites for hydroxylation is 1. The number of methoxy groups -OCH3 is 1. The number of hydrogen-bond acceptors (Lipinski definition) is 5. The van der Waals surface area contributed by atoms with Crippen LogP contribution in [0.2, 0.25) is 0 Å². The molecule has 11 heteroatoms. The lowest BCUT2D eigenvalue weighted by atomic mass is 10.0. The molecule has 0 fully saturated rings. The summed E-state index contributed by atoms with van der Waals surface area (Å²) in [5.41, 5.74) is 2.94. The van der Waals surface area contributed by atoms with Crippen LogP contribution in [0.1, 0.15) is 36.5 Å². The van der Waals surface area contributed by atoms with Crippen molar-refractivity contribution in [2.45, 2.75) is 50.6 Å². The summed E-state index contributed by atoms with van der Waals surface area (Å²) in [6.07, 6.45) is 1.95. The average Bonchev–Trinajstić information content (AvgIpc) is 3.07. The van der Waals surface area contributed by atoms with Gasteiger partial charge in [0.1, 0.15) is 18.3 Å². The Morgan fingerprint density at radius 2 is 1.57 bits per heavy atom. The lowest BCUT2D eigenvalue weighted by Crippen LogP contribution is -2.53. The van der Waals surface area contributed by atoms with E-state index >= 15 is 0 Å². The van der Waals surface area contributed by atoms with Gasteiger partial charge in [0, 0.05) is 24.0 Å². The fourth-order valence-corrected chi connectivity index (χ4v) is 7.42. The molecule has 0 saturated heterocycles. The molecule has 248 valence electrons. The molecule has 0 aromatic heterocycles. The third-order valence-corrected chi connectivity index (χ3v) is 10.6. The average molecular weight is 786 g/mol. The summed E-state index contributed by atoms with van der Waals surface area (Å²) in [5.74, 6) is -0.340. The number of benzene rings is 4. The normalized spacial score (nSPS) is 11.9. The minimum absolute atomic E-state index is 0.0175. The topological polar surface area (TPSA) is 96.0 Å². The Morgan fingerprint density at radius 3 is 2.19 bits per heavy atom. The molecule has 0 spiro atoms. The molecule has 4 aromatic carbocycles. The van der Waals surface area contributed by atoms with Crippen molar-refractivity contribution in [2.24, 2.45) is 0 Å². The Morgan fingerprint density at radius 1 is 0.894 bits per heavy atom. The van der Waals surface area contributed by atoms with Gasteiger partial charge in [-0.2, -0.15) is 0 Å². The van der Waals surface area contributed by atoms with E-state index in [9.17, 15) is 18.0 Å². The highest BCUT2D eigenvalue weighted by Gasteiger charge is 2.34. The number of halogens is 2. The second kappa shape index (κ2) is 16.9. The van der Waals surface area contributed by atoms with Crippen LogP contribution in [0.5, 0.6) is 5.75 Å². The van der Waals surface area contributed by atoms with Crippen molar-refractivity contribution in [3.63, 3.8) is 0 Å². The first-order valence-corrected chi connectivity index (χ1v) is 18.3. The van der Waals surface area contributed by atoms with Crippen molar-refractivity contribution < 1.29 is 22.7 Å². The van der Waals surface area contributed by atoms with E-state index in [-0.39, 0.29) is 23.8 Å². The van der Waals surface area contributed by atoms with Crippen molar-refractivity contribution >= 4 is 59.4 Å². The summed E-state index contributed by atoms with van der Waals surface area (Å²) in [6, 6.07) is 27.5. The van der Waals surface area contributed by atoms with Gasteiger partial charge in [0.05, 0.1) is 22.2 Å². The predicted molar refractivity (Wildman–Crippen MR) is 193 cm³/mol. The summed E-state index contributed by atoms with van der Waals surface area (Å²) in [7, 11) is -2.75. The molecule has 1 unspecified atom stereocenters. The van der Waals surface area contributed by atoms with Gasteiger partial charge in [-0.1, -0.05) is 89.4 Å². The van der Waals surface area contributed by atoms with E-state index in [0.29, 0.717) is 22.5 Å². The highest BCUT2D eigenvalue weighted by molar-refractivity contribution is 9.10. The molecule has 0 aliphatic carbocycles. The lowest BCUT2D eigenvalue weighted by molar-refractivity contribution is -0.140. The number of rotatable bonds is 15. The van der Waals surface area contributed by atoms with Crippen molar-refractivity contribution in [3.8, 4) is 5.75 Å². The standard InChI is InChI=1S/C36H39Br2N3O5S/c1-4-5-21-39-36(43)33(22-27-9-7-6-8-10-27)40(24-28-13-15-29(37)16-14-28)35(42)25-41(30-17-11-26(2)12-18-30)47(44,45)31-19-20-34(46-3)32(38)23-31/h6-20,23,33H,4-5,21-22,24-25H2,1-3H3,(H,39,43). The molecule has 8 nitrogen and oxygen atoms in total. The Labute approximate surface area is 294 Å². The van der Waals surface area contributed by atoms with Crippen LogP contribution in [0, 0.1) is 6.92 Å². The van der Waals surface area contributed by atoms with E-state index in [4.69, 9.17) is 4.74 Å². The number of carbonyl (C=O) groups excluding carboxylic acids is 2. The number of sulfonamides is 1. The van der Waals surface area contributed by atoms with Crippen molar-refractivity contribution in [1.29, 1.82) is 0 Å². The van der Waals surface area contributed by atoms with Gasteiger partial charge in [-0.05, 0) is 82.9 Å². The summed E-state index contributed by atoms with van der Waals surface area (Å²) >= 11 is 6.86. The summed E-state index contributed by atoms with van der Waals surface area (Å²) in [5, 5.41) is 3.01. The van der Waals surface area contributed by atoms with E-state index in [0.717, 1.165) is 38.3 Å². The number of anilines is 1. The number of carbonyl (C=O) groups is 2. The molecule has 0 aliphatic rings. The quantitative estimate of drug-likeness (QED) is 0.128. The van der Waals surface area contributed by atoms with Crippen molar-refractivity contribution in [3.05, 3.63) is 123 Å². The first-order chi connectivity index (χ1) is 22.5. The monoisotopic (exact) mass is 783 g/mol. The van der Waals surface area contributed by atoms with E-state index in [1.54, 1.807) is 30.3 Å². The summed E-state index contributed by atoms with van der Waals surface area (Å²) in [6.45, 7) is 3.98. The maximum atomic E-state index is 14.6. The zero-order valence-electron chi connectivity index (χ0n) is 26.7. The SMILES string of the molecule is CCCCNC(=O)C(Cc1ccccc1)N(Cc1ccc(Br)cc1)C(=O)CN(c1ccc(C)cc1)S(=O)(=O)c1ccc(OC)c(Br)c1. The number of unbranched alkanes of at least 4 members (excludes halogenated alkanes) is 1. The van der Waals surface area contributed by atoms with E-state index in [2.05, 4.69) is 37.2 Å². The molecule has 47 heavy (non-hydrogen) atoms. The zero-order chi connectivity index (χ0) is 34.0. The van der Waals surface area contributed by atoms with Crippen LogP contribution >= 0.6 is 31.9 Å². The van der Waals surface area contributed by atoms with Crippen molar-refractivity contribution in [2.75, 3.05) is 24.5 Å². The van der Waals surface area contributed by atoms with Crippen molar-refractivity contribution in [1.82, 2.24) is 10.2 Å². The number of ether oxygens (including phenoxy) is 1. The van der Waals surface area contributed by atoms with Gasteiger partial charge in [-0.3, -0.25) is 13.9 Å². The smallest absolute Gasteiger partial charge is 0.264 e. The first-order valence-electron chi connectivity index (χ1n) is 15.3. The summed E-state index contributed by atoms with van der Waals surface area (Å²) in [4.78, 5) is 29.9. The molecule has 1 atom stereocenters. The molecule has 1 N–H and O–H groups in total. The molecule has 0 heterocycles. The highest BCUT2D eigenvalue weighted by atomic mass is 79.9. The molecule has 0 saturated carbocycles. The van der Waals surface area contributed by atoms with Crippen LogP contribution in [-0.2, 0) is 32.6 Å². The fourth-order valence-electron chi connectivity index (χ4n) is 5.02. The Kier molecular flexibility index (Phi) is 13.0. The number of nitrogens with zero attached hydrogens (tertiary/aromatic N) is 2. The summed E-state index contributed by atoms with van der Waals surface area (Å²) < 4.78 is 36.3. The van der Waals surface area contributed by atoms with Crippen LogP contribution in [0.15, 0.2) is 111 Å². The number of hydrogen-bond donors (Lipinski definition) is 1. The molecule has 0 aliphatic heterocycles. The van der Waals surface area contributed by atoms with E-state index in [1.165, 1.54) is 24.1 Å². The third-order valence-electron chi connectivity index (χ3n) is 7.68. The highest BCUT2D eigenvalue weighted by Crippen LogP contribution is 2.31. The number of amides is 2. The molecular weight excluding hydrogens is 746 g/mol. The maximum absolute atomic E-state index is 14.6. The third kappa shape index (κ3) is 9.68. The molecule has 4 aromatic rings. The molecular formula is C36H39Br2N3O5S. The minimum atomic E-state index is -4.25. The van der Waals surface area contributed by atoms with Gasteiger partial charge >= 0.3 is 0 Å². The van der Waals surface area contributed by atoms with Crippen LogP contribution in [0.3, 0.4) is 0 Å². The molecule has 2 amide bonds. The first kappa shape index (κ1) is 36.2. The molecule has 0 radical (unpaired) electrons. The van der Waals surface area contributed by atoms with Gasteiger partial charge in [0.2, 0.25) is 11.8 Å². The van der Waals surface area contributed by atoms with Gasteiger partial charge in [0.15, 0.2) is 0 Å². The Hall–Kier alpha value is -3.67. The molecule has 0 bridgehead atoms. The maximum Gasteiger partial charge on any atom is 0.264 e. The van der Waals surface area contributed by atoms with Crippen LogP contribution in [0.4, 0.5) is 5.69 Å². The zero-order valence-corrected chi connectivity index (χ0v) is 30.6. The van der Waals surface area contributed by atoms with Gasteiger partial charge in [-0.15, -0.1) is 0 Å². The van der Waals surface area contributed by atoms with Gasteiger partial charge < -0.3 is 15.0 Å². The largest absolute Gasteiger partial charge is 0.496 e. The van der Waals surface area contributed by atoms with Crippen LogP contribution < -0.4 is 14.4 Å². The van der Waals surface area contributed by atoms with Crippen LogP contribution in [0.25, 0.3) is 0 Å². The van der Waals surface area contributed by atoms with Gasteiger partial charge in [-0.25, -0.2) is 8.42 Å². The van der Waals surface area contributed by atoms with E-state index in [1.807, 2.05) is 68.4 Å². The number of nitrogens with one attached hydrogen (secondary N) is 1.